The first-order chi connectivity index (χ1) is 15.3. The van der Waals surface area contributed by atoms with Gasteiger partial charge in [-0.2, -0.15) is 0 Å². The van der Waals surface area contributed by atoms with Gasteiger partial charge in [-0.05, 0) is 67.6 Å². The Morgan fingerprint density at radius 3 is 2.55 bits per heavy atom. The van der Waals surface area contributed by atoms with E-state index in [1.807, 2.05) is 36.4 Å². The lowest BCUT2D eigenvalue weighted by atomic mass is 9.95. The zero-order valence-electron chi connectivity index (χ0n) is 17.5. The summed E-state index contributed by atoms with van der Waals surface area (Å²) in [4.78, 5) is 19.8. The second-order valence-corrected chi connectivity index (χ2v) is 8.44. The molecule has 0 saturated carbocycles. The Labute approximate surface area is 183 Å². The van der Waals surface area contributed by atoms with Gasteiger partial charge in [-0.3, -0.25) is 14.7 Å². The van der Waals surface area contributed by atoms with Crippen LogP contribution in [0.3, 0.4) is 0 Å². The Bertz CT molecular complexity index is 1030. The van der Waals surface area contributed by atoms with Gasteiger partial charge in [-0.25, -0.2) is 0 Å². The third kappa shape index (κ3) is 4.47. The second-order valence-electron chi connectivity index (χ2n) is 8.44. The van der Waals surface area contributed by atoms with Crippen LogP contribution in [0.2, 0.25) is 0 Å². The van der Waals surface area contributed by atoms with Crippen LogP contribution in [0.15, 0.2) is 73.1 Å². The van der Waals surface area contributed by atoms with Gasteiger partial charge in [0.2, 0.25) is 5.91 Å². The Morgan fingerprint density at radius 1 is 1.00 bits per heavy atom. The fourth-order valence-electron chi connectivity index (χ4n) is 4.77. The highest BCUT2D eigenvalue weighted by Crippen LogP contribution is 2.31. The van der Waals surface area contributed by atoms with Crippen molar-refractivity contribution < 1.29 is 9.53 Å². The van der Waals surface area contributed by atoms with E-state index in [4.69, 9.17) is 4.74 Å². The van der Waals surface area contributed by atoms with E-state index in [-0.39, 0.29) is 11.8 Å². The fraction of sp³-hybridized carbons (Fsp3) is 0.308. The zero-order chi connectivity index (χ0) is 21.0. The molecule has 0 spiro atoms. The SMILES string of the molecule is O=C(Nc1ccccc1Oc1cccnc1)C1CCCN(C2Cc3ccccc3C2)C1. The summed E-state index contributed by atoms with van der Waals surface area (Å²) in [6, 6.07) is 20.5. The number of pyridine rings is 1. The quantitative estimate of drug-likeness (QED) is 0.659. The Balaban J connectivity index is 1.24. The van der Waals surface area contributed by atoms with E-state index < -0.39 is 0 Å². The zero-order valence-corrected chi connectivity index (χ0v) is 17.5. The number of ether oxygens (including phenoxy) is 1. The molecule has 2 aromatic carbocycles. The van der Waals surface area contributed by atoms with E-state index >= 15 is 0 Å². The molecule has 158 valence electrons. The van der Waals surface area contributed by atoms with E-state index in [0.717, 1.165) is 38.8 Å². The van der Waals surface area contributed by atoms with E-state index in [9.17, 15) is 4.79 Å². The number of carbonyl (C=O) groups is 1. The van der Waals surface area contributed by atoms with Crippen LogP contribution < -0.4 is 10.1 Å². The topological polar surface area (TPSA) is 54.5 Å². The van der Waals surface area contributed by atoms with Crippen molar-refractivity contribution in [3.8, 4) is 11.5 Å². The van der Waals surface area contributed by atoms with Crippen LogP contribution in [-0.2, 0) is 17.6 Å². The van der Waals surface area contributed by atoms with Gasteiger partial charge in [0.15, 0.2) is 5.75 Å². The number of likely N-dealkylation sites (tertiary alicyclic amines) is 1. The smallest absolute Gasteiger partial charge is 0.228 e. The van der Waals surface area contributed by atoms with Gasteiger partial charge in [0.05, 0.1) is 17.8 Å². The van der Waals surface area contributed by atoms with Gasteiger partial charge in [0.1, 0.15) is 5.75 Å². The summed E-state index contributed by atoms with van der Waals surface area (Å²) in [5.74, 6) is 1.34. The number of hydrogen-bond acceptors (Lipinski definition) is 4. The minimum Gasteiger partial charge on any atom is -0.454 e. The minimum absolute atomic E-state index is 0.0103. The highest BCUT2D eigenvalue weighted by molar-refractivity contribution is 5.94. The molecule has 1 N–H and O–H groups in total. The first-order valence-corrected chi connectivity index (χ1v) is 11.0. The maximum absolute atomic E-state index is 13.1. The van der Waals surface area contributed by atoms with Gasteiger partial charge in [0, 0.05) is 18.8 Å². The lowest BCUT2D eigenvalue weighted by Crippen LogP contribution is -2.46. The number of rotatable bonds is 5. The van der Waals surface area contributed by atoms with Crippen molar-refractivity contribution in [2.75, 3.05) is 18.4 Å². The minimum atomic E-state index is -0.0103. The van der Waals surface area contributed by atoms with Gasteiger partial charge < -0.3 is 10.1 Å². The normalized spacial score (nSPS) is 19.0. The highest BCUT2D eigenvalue weighted by Gasteiger charge is 2.33. The molecule has 1 saturated heterocycles. The molecule has 5 heteroatoms. The Morgan fingerprint density at radius 2 is 1.77 bits per heavy atom. The van der Waals surface area contributed by atoms with Gasteiger partial charge in [-0.1, -0.05) is 36.4 Å². The van der Waals surface area contributed by atoms with Gasteiger partial charge in [-0.15, -0.1) is 0 Å². The molecule has 0 bridgehead atoms. The predicted octanol–water partition coefficient (Wildman–Crippen LogP) is 4.69. The molecule has 1 fully saturated rings. The number of nitrogens with one attached hydrogen (secondary N) is 1. The van der Waals surface area contributed by atoms with Crippen LogP contribution >= 0.6 is 0 Å². The molecular formula is C26H27N3O2. The highest BCUT2D eigenvalue weighted by atomic mass is 16.5. The molecule has 0 radical (unpaired) electrons. The molecule has 1 unspecified atom stereocenters. The summed E-state index contributed by atoms with van der Waals surface area (Å²) in [5.41, 5.74) is 3.61. The molecule has 31 heavy (non-hydrogen) atoms. The van der Waals surface area contributed by atoms with Crippen LogP contribution in [0.4, 0.5) is 5.69 Å². The third-order valence-corrected chi connectivity index (χ3v) is 6.38. The van der Waals surface area contributed by atoms with Crippen LogP contribution in [-0.4, -0.2) is 34.9 Å². The molecule has 1 amide bonds. The largest absolute Gasteiger partial charge is 0.454 e. The Hall–Kier alpha value is -3.18. The number of benzene rings is 2. The van der Waals surface area contributed by atoms with Crippen LogP contribution in [0.25, 0.3) is 0 Å². The fourth-order valence-corrected chi connectivity index (χ4v) is 4.77. The summed E-state index contributed by atoms with van der Waals surface area (Å²) in [5, 5.41) is 3.12. The second kappa shape index (κ2) is 8.90. The first-order valence-electron chi connectivity index (χ1n) is 11.0. The van der Waals surface area contributed by atoms with E-state index in [1.54, 1.807) is 12.4 Å². The number of aromatic nitrogens is 1. The maximum atomic E-state index is 13.1. The van der Waals surface area contributed by atoms with Crippen LogP contribution in [0, 0.1) is 5.92 Å². The number of carbonyl (C=O) groups excluding carboxylic acids is 1. The van der Waals surface area contributed by atoms with Crippen molar-refractivity contribution in [3.63, 3.8) is 0 Å². The summed E-state index contributed by atoms with van der Waals surface area (Å²) in [7, 11) is 0. The Kier molecular flexibility index (Phi) is 5.67. The average molecular weight is 414 g/mol. The first kappa shape index (κ1) is 19.8. The molecule has 1 aliphatic heterocycles. The van der Waals surface area contributed by atoms with Crippen molar-refractivity contribution >= 4 is 11.6 Å². The van der Waals surface area contributed by atoms with Crippen LogP contribution in [0.5, 0.6) is 11.5 Å². The molecule has 1 aromatic heterocycles. The van der Waals surface area contributed by atoms with Crippen molar-refractivity contribution in [1.29, 1.82) is 0 Å². The molecule has 2 heterocycles. The molecule has 5 nitrogen and oxygen atoms in total. The molecule has 5 rings (SSSR count). The average Bonchev–Trinajstić information content (AvgIpc) is 3.26. The van der Waals surface area contributed by atoms with E-state index in [0.29, 0.717) is 23.2 Å². The number of hydrogen-bond donors (Lipinski definition) is 1. The molecular weight excluding hydrogens is 386 g/mol. The van der Waals surface area contributed by atoms with Crippen molar-refractivity contribution in [3.05, 3.63) is 84.2 Å². The number of nitrogens with zero attached hydrogens (tertiary/aromatic N) is 2. The number of fused-ring (bicyclic) bond motifs is 1. The van der Waals surface area contributed by atoms with Crippen LogP contribution in [0.1, 0.15) is 24.0 Å². The molecule has 2 aliphatic rings. The molecule has 3 aromatic rings. The van der Waals surface area contributed by atoms with E-state index in [1.165, 1.54) is 11.1 Å². The molecule has 1 aliphatic carbocycles. The number of anilines is 1. The number of amides is 1. The van der Waals surface area contributed by atoms with Crippen molar-refractivity contribution in [2.45, 2.75) is 31.7 Å². The summed E-state index contributed by atoms with van der Waals surface area (Å²) < 4.78 is 5.95. The monoisotopic (exact) mass is 413 g/mol. The summed E-state index contributed by atoms with van der Waals surface area (Å²) in [6.07, 6.45) is 7.53. The van der Waals surface area contributed by atoms with E-state index in [2.05, 4.69) is 39.5 Å². The third-order valence-electron chi connectivity index (χ3n) is 6.38. The van der Waals surface area contributed by atoms with Crippen molar-refractivity contribution in [2.24, 2.45) is 5.92 Å². The van der Waals surface area contributed by atoms with Gasteiger partial charge >= 0.3 is 0 Å². The predicted molar refractivity (Wildman–Crippen MR) is 121 cm³/mol. The number of para-hydroxylation sites is 2. The molecule has 1 atom stereocenters. The lowest BCUT2D eigenvalue weighted by molar-refractivity contribution is -0.121. The lowest BCUT2D eigenvalue weighted by Gasteiger charge is -2.36. The standard InChI is InChI=1S/C26H27N3O2/c30-26(28-24-11-3-4-12-25(24)31-23-10-5-13-27-17-23)21-9-6-14-29(18-21)22-15-19-7-1-2-8-20(19)16-22/h1-5,7-8,10-13,17,21-22H,6,9,14-16,18H2,(H,28,30). The number of piperidine rings is 1. The summed E-state index contributed by atoms with van der Waals surface area (Å²) >= 11 is 0. The van der Waals surface area contributed by atoms with Gasteiger partial charge in [0.25, 0.3) is 0 Å². The maximum Gasteiger partial charge on any atom is 0.228 e. The van der Waals surface area contributed by atoms with Crippen molar-refractivity contribution in [1.82, 2.24) is 9.88 Å². The summed E-state index contributed by atoms with van der Waals surface area (Å²) in [6.45, 7) is 1.89.